The van der Waals surface area contributed by atoms with Gasteiger partial charge in [0.2, 0.25) is 0 Å². The molecule has 1 amide bonds. The maximum Gasteiger partial charge on any atom is 0.275 e. The van der Waals surface area contributed by atoms with E-state index >= 15 is 0 Å². The molecule has 4 rings (SSSR count). The van der Waals surface area contributed by atoms with Gasteiger partial charge in [-0.2, -0.15) is 0 Å². The molecule has 1 saturated heterocycles. The van der Waals surface area contributed by atoms with Crippen LogP contribution in [0.4, 0.5) is 5.69 Å². The molecule has 0 bridgehead atoms. The van der Waals surface area contributed by atoms with Crippen molar-refractivity contribution in [1.29, 1.82) is 0 Å². The Bertz CT molecular complexity index is 1040. The first kappa shape index (κ1) is 22.7. The quantitative estimate of drug-likeness (QED) is 0.444. The zero-order valence-corrected chi connectivity index (χ0v) is 20.1. The first-order valence-corrected chi connectivity index (χ1v) is 12.6. The van der Waals surface area contributed by atoms with Crippen LogP contribution in [-0.2, 0) is 0 Å². The predicted molar refractivity (Wildman–Crippen MR) is 135 cm³/mol. The number of nitrogens with one attached hydrogen (secondary N) is 1. The van der Waals surface area contributed by atoms with Gasteiger partial charge in [0, 0.05) is 29.1 Å². The monoisotopic (exact) mass is 447 g/mol. The van der Waals surface area contributed by atoms with Crippen molar-refractivity contribution in [3.8, 4) is 11.1 Å². The highest BCUT2D eigenvalue weighted by molar-refractivity contribution is 7.10. The van der Waals surface area contributed by atoms with Crippen LogP contribution in [0.15, 0.2) is 53.9 Å². The summed E-state index contributed by atoms with van der Waals surface area (Å²) in [7, 11) is 0. The van der Waals surface area contributed by atoms with Gasteiger partial charge in [0.15, 0.2) is 0 Å². The second-order valence-corrected chi connectivity index (χ2v) is 9.91. The minimum Gasteiger partial charge on any atom is -0.320 e. The number of anilines is 1. The van der Waals surface area contributed by atoms with Crippen LogP contribution in [0.1, 0.15) is 60.1 Å². The number of aryl methyl sites for hydroxylation is 1. The summed E-state index contributed by atoms with van der Waals surface area (Å²) in [6.07, 6.45) is 3.49. The molecular weight excluding hydrogens is 414 g/mol. The molecule has 5 heteroatoms. The second-order valence-electron chi connectivity index (χ2n) is 9.03. The van der Waals surface area contributed by atoms with E-state index < -0.39 is 0 Å². The number of carbonyl (C=O) groups excluding carboxylic acids is 1. The molecule has 1 aliphatic rings. The Balaban J connectivity index is 1.41. The van der Waals surface area contributed by atoms with Crippen molar-refractivity contribution in [3.05, 3.63) is 70.2 Å². The summed E-state index contributed by atoms with van der Waals surface area (Å²) in [4.78, 5) is 20.3. The van der Waals surface area contributed by atoms with E-state index in [9.17, 15) is 4.79 Å². The topological polar surface area (TPSA) is 45.2 Å². The van der Waals surface area contributed by atoms with E-state index in [1.54, 1.807) is 11.3 Å². The maximum absolute atomic E-state index is 13.0. The highest BCUT2D eigenvalue weighted by Crippen LogP contribution is 2.32. The number of piperidine rings is 1. The van der Waals surface area contributed by atoms with Crippen LogP contribution in [0.5, 0.6) is 0 Å². The summed E-state index contributed by atoms with van der Waals surface area (Å²) in [6.45, 7) is 10.1. The van der Waals surface area contributed by atoms with E-state index in [4.69, 9.17) is 4.98 Å². The Kier molecular flexibility index (Phi) is 7.38. The molecule has 32 heavy (non-hydrogen) atoms. The van der Waals surface area contributed by atoms with Gasteiger partial charge in [-0.1, -0.05) is 68.3 Å². The molecule has 1 aliphatic heterocycles. The fourth-order valence-electron chi connectivity index (χ4n) is 4.28. The van der Waals surface area contributed by atoms with Crippen molar-refractivity contribution in [2.45, 2.75) is 46.0 Å². The minimum atomic E-state index is -0.138. The molecule has 4 nitrogen and oxygen atoms in total. The summed E-state index contributed by atoms with van der Waals surface area (Å²) in [5.74, 6) is 1.08. The van der Waals surface area contributed by atoms with Crippen LogP contribution >= 0.6 is 11.3 Å². The zero-order valence-electron chi connectivity index (χ0n) is 19.3. The van der Waals surface area contributed by atoms with Crippen LogP contribution in [0.3, 0.4) is 0 Å². The molecule has 1 atom stereocenters. The average Bonchev–Trinajstić information content (AvgIpc) is 3.31. The van der Waals surface area contributed by atoms with Crippen molar-refractivity contribution in [3.63, 3.8) is 0 Å². The Hall–Kier alpha value is -2.50. The van der Waals surface area contributed by atoms with Crippen molar-refractivity contribution >= 4 is 22.9 Å². The number of hydrogen-bond acceptors (Lipinski definition) is 4. The summed E-state index contributed by atoms with van der Waals surface area (Å²) in [5.41, 5.74) is 4.66. The van der Waals surface area contributed by atoms with Gasteiger partial charge < -0.3 is 10.2 Å². The van der Waals surface area contributed by atoms with Crippen molar-refractivity contribution < 1.29 is 4.79 Å². The third-order valence-electron chi connectivity index (χ3n) is 6.50. The number of para-hydroxylation sites is 1. The fourth-order valence-corrected chi connectivity index (χ4v) is 5.25. The number of amides is 1. The van der Waals surface area contributed by atoms with E-state index in [1.165, 1.54) is 18.5 Å². The van der Waals surface area contributed by atoms with Crippen LogP contribution in [0, 0.1) is 12.8 Å². The highest BCUT2D eigenvalue weighted by Gasteiger charge is 2.24. The molecule has 1 aromatic heterocycles. The number of likely N-dealkylation sites (tertiary alicyclic amines) is 1. The lowest BCUT2D eigenvalue weighted by atomic mass is 9.96. The molecule has 1 unspecified atom stereocenters. The molecular formula is C27H33N3OS. The number of rotatable bonds is 7. The molecule has 0 spiro atoms. The Labute approximate surface area is 195 Å². The largest absolute Gasteiger partial charge is 0.320 e. The number of thiazole rings is 1. The summed E-state index contributed by atoms with van der Waals surface area (Å²) in [5, 5.41) is 6.10. The highest BCUT2D eigenvalue weighted by atomic mass is 32.1. The van der Waals surface area contributed by atoms with Crippen LogP contribution in [0.2, 0.25) is 0 Å². The molecule has 2 heterocycles. The SMILES string of the molecule is CCC(C)CN1CCC(c2nc(C(=O)Nc3ccccc3-c3ccc(C)cc3)cs2)CC1. The molecule has 168 valence electrons. The lowest BCUT2D eigenvalue weighted by molar-refractivity contribution is 0.102. The Morgan fingerprint density at radius 1 is 1.16 bits per heavy atom. The van der Waals surface area contributed by atoms with E-state index in [0.29, 0.717) is 11.6 Å². The third kappa shape index (κ3) is 5.45. The smallest absolute Gasteiger partial charge is 0.275 e. The van der Waals surface area contributed by atoms with Crippen LogP contribution < -0.4 is 5.32 Å². The lowest BCUT2D eigenvalue weighted by Crippen LogP contribution is -2.35. The van der Waals surface area contributed by atoms with Gasteiger partial charge in [0.25, 0.3) is 5.91 Å². The third-order valence-corrected chi connectivity index (χ3v) is 7.50. The Morgan fingerprint density at radius 2 is 1.88 bits per heavy atom. The van der Waals surface area contributed by atoms with E-state index in [0.717, 1.165) is 53.7 Å². The van der Waals surface area contributed by atoms with E-state index in [2.05, 4.69) is 55.3 Å². The van der Waals surface area contributed by atoms with Gasteiger partial charge >= 0.3 is 0 Å². The fraction of sp³-hybridized carbons (Fsp3) is 0.407. The van der Waals surface area contributed by atoms with Crippen molar-refractivity contribution in [2.24, 2.45) is 5.92 Å². The molecule has 3 aromatic rings. The maximum atomic E-state index is 13.0. The minimum absolute atomic E-state index is 0.138. The number of aromatic nitrogens is 1. The van der Waals surface area contributed by atoms with Crippen LogP contribution in [0.25, 0.3) is 11.1 Å². The molecule has 2 aromatic carbocycles. The van der Waals surface area contributed by atoms with Gasteiger partial charge in [-0.25, -0.2) is 4.98 Å². The zero-order chi connectivity index (χ0) is 22.5. The lowest BCUT2D eigenvalue weighted by Gasteiger charge is -2.32. The number of benzene rings is 2. The average molecular weight is 448 g/mol. The normalized spacial score (nSPS) is 16.1. The van der Waals surface area contributed by atoms with Gasteiger partial charge in [0.05, 0.1) is 5.01 Å². The number of carbonyl (C=O) groups is 1. The second kappa shape index (κ2) is 10.4. The van der Waals surface area contributed by atoms with Gasteiger partial charge in [0.1, 0.15) is 5.69 Å². The van der Waals surface area contributed by atoms with Gasteiger partial charge in [-0.3, -0.25) is 4.79 Å². The van der Waals surface area contributed by atoms with Gasteiger partial charge in [-0.05, 0) is 50.4 Å². The molecule has 1 fully saturated rings. The van der Waals surface area contributed by atoms with Crippen molar-refractivity contribution in [1.82, 2.24) is 9.88 Å². The molecule has 0 aliphatic carbocycles. The van der Waals surface area contributed by atoms with Gasteiger partial charge in [-0.15, -0.1) is 11.3 Å². The van der Waals surface area contributed by atoms with Crippen molar-refractivity contribution in [2.75, 3.05) is 25.0 Å². The first-order chi connectivity index (χ1) is 15.5. The number of nitrogens with zero attached hydrogens (tertiary/aromatic N) is 2. The molecule has 1 N–H and O–H groups in total. The Morgan fingerprint density at radius 3 is 2.59 bits per heavy atom. The van der Waals surface area contributed by atoms with E-state index in [-0.39, 0.29) is 5.91 Å². The predicted octanol–water partition coefficient (Wildman–Crippen LogP) is 6.60. The van der Waals surface area contributed by atoms with Crippen LogP contribution in [-0.4, -0.2) is 35.4 Å². The number of hydrogen-bond donors (Lipinski definition) is 1. The summed E-state index contributed by atoms with van der Waals surface area (Å²) in [6, 6.07) is 16.3. The molecule has 0 saturated carbocycles. The summed E-state index contributed by atoms with van der Waals surface area (Å²) >= 11 is 1.63. The molecule has 0 radical (unpaired) electrons. The first-order valence-electron chi connectivity index (χ1n) is 11.7. The standard InChI is InChI=1S/C27H33N3OS/c1-4-19(2)17-30-15-13-22(14-16-30)27-29-25(18-32-27)26(31)28-24-8-6-5-7-23(24)21-11-9-20(3)10-12-21/h5-12,18-19,22H,4,13-17H2,1-3H3,(H,28,31). The van der Waals surface area contributed by atoms with E-state index in [1.807, 2.05) is 29.6 Å². The summed E-state index contributed by atoms with van der Waals surface area (Å²) < 4.78 is 0.